The monoisotopic (exact) mass is 409 g/mol. The van der Waals surface area contributed by atoms with Gasteiger partial charge in [-0.3, -0.25) is 4.98 Å². The SMILES string of the molecule is Cc1ccc(-c2ccc([C@H]3[C@H](c4ccccn4)N=C4S[C@@H](C)CN43)o2)cc1Cl. The lowest BCUT2D eigenvalue weighted by Crippen LogP contribution is -2.28. The normalized spacial score (nSPS) is 23.8. The number of nitrogens with zero attached hydrogens (tertiary/aromatic N) is 3. The number of hydrogen-bond donors (Lipinski definition) is 0. The molecule has 0 aliphatic carbocycles. The van der Waals surface area contributed by atoms with Gasteiger partial charge in [-0.1, -0.05) is 48.5 Å². The van der Waals surface area contributed by atoms with Crippen molar-refractivity contribution in [3.05, 3.63) is 76.8 Å². The fourth-order valence-electron chi connectivity index (χ4n) is 3.84. The molecule has 3 aromatic rings. The second-order valence-electron chi connectivity index (χ2n) is 7.30. The van der Waals surface area contributed by atoms with Crippen molar-refractivity contribution in [1.82, 2.24) is 9.88 Å². The van der Waals surface area contributed by atoms with Crippen LogP contribution < -0.4 is 0 Å². The minimum Gasteiger partial charge on any atom is -0.459 e. The number of thioether (sulfide) groups is 1. The van der Waals surface area contributed by atoms with E-state index in [-0.39, 0.29) is 12.1 Å². The molecule has 0 spiro atoms. The van der Waals surface area contributed by atoms with Crippen LogP contribution in [0.25, 0.3) is 11.3 Å². The Kier molecular flexibility index (Phi) is 4.44. The van der Waals surface area contributed by atoms with Crippen molar-refractivity contribution in [3.63, 3.8) is 0 Å². The fourth-order valence-corrected chi connectivity index (χ4v) is 5.11. The van der Waals surface area contributed by atoms with Crippen molar-refractivity contribution >= 4 is 28.5 Å². The van der Waals surface area contributed by atoms with Gasteiger partial charge in [-0.25, -0.2) is 4.99 Å². The van der Waals surface area contributed by atoms with Crippen LogP contribution in [0.15, 0.2) is 64.1 Å². The predicted molar refractivity (Wildman–Crippen MR) is 115 cm³/mol. The number of aryl methyl sites for hydroxylation is 1. The Morgan fingerprint density at radius 1 is 1.18 bits per heavy atom. The molecule has 0 unspecified atom stereocenters. The summed E-state index contributed by atoms with van der Waals surface area (Å²) in [6.07, 6.45) is 1.83. The first kappa shape index (κ1) is 17.8. The molecular formula is C22H20ClN3OS. The Hall–Kier alpha value is -2.24. The summed E-state index contributed by atoms with van der Waals surface area (Å²) in [5.41, 5.74) is 3.02. The van der Waals surface area contributed by atoms with Gasteiger partial charge in [-0.15, -0.1) is 0 Å². The average molecular weight is 410 g/mol. The van der Waals surface area contributed by atoms with E-state index < -0.39 is 0 Å². The maximum atomic E-state index is 6.33. The zero-order valence-electron chi connectivity index (χ0n) is 15.7. The zero-order valence-corrected chi connectivity index (χ0v) is 17.2. The molecule has 0 radical (unpaired) electrons. The number of furan rings is 1. The predicted octanol–water partition coefficient (Wildman–Crippen LogP) is 5.89. The van der Waals surface area contributed by atoms with Crippen LogP contribution in [0, 0.1) is 6.92 Å². The van der Waals surface area contributed by atoms with Crippen LogP contribution in [0.1, 0.15) is 36.0 Å². The summed E-state index contributed by atoms with van der Waals surface area (Å²) in [5, 5.41) is 2.36. The minimum atomic E-state index is -0.0585. The Morgan fingerprint density at radius 2 is 2.07 bits per heavy atom. The number of halogens is 1. The van der Waals surface area contributed by atoms with Crippen LogP contribution in [0.3, 0.4) is 0 Å². The van der Waals surface area contributed by atoms with E-state index in [4.69, 9.17) is 21.0 Å². The molecule has 0 bridgehead atoms. The summed E-state index contributed by atoms with van der Waals surface area (Å²) >= 11 is 8.14. The molecule has 4 nitrogen and oxygen atoms in total. The summed E-state index contributed by atoms with van der Waals surface area (Å²) in [6, 6.07) is 16.1. The third-order valence-corrected chi connectivity index (χ3v) is 6.77. The lowest BCUT2D eigenvalue weighted by Gasteiger charge is -2.25. The number of amidine groups is 1. The Morgan fingerprint density at radius 3 is 2.86 bits per heavy atom. The molecule has 28 heavy (non-hydrogen) atoms. The van der Waals surface area contributed by atoms with Gasteiger partial charge in [0.2, 0.25) is 0 Å². The standard InChI is InChI=1S/C22H20ClN3OS/c1-13-6-7-15(11-16(13)23)18-8-9-19(27-18)21-20(17-5-3-4-10-24-17)25-22-26(21)12-14(2)28-22/h3-11,14,20-21H,12H2,1-2H3/t14-,20-,21-/m0/s1. The smallest absolute Gasteiger partial charge is 0.161 e. The molecule has 3 atom stereocenters. The average Bonchev–Trinajstić information content (AvgIpc) is 3.38. The molecule has 1 saturated heterocycles. The van der Waals surface area contributed by atoms with E-state index in [0.29, 0.717) is 5.25 Å². The molecule has 1 fully saturated rings. The Bertz CT molecular complexity index is 1050. The molecule has 2 aromatic heterocycles. The van der Waals surface area contributed by atoms with Gasteiger partial charge in [0, 0.05) is 28.6 Å². The molecule has 0 amide bonds. The number of pyridine rings is 1. The van der Waals surface area contributed by atoms with E-state index in [1.165, 1.54) is 0 Å². The molecule has 142 valence electrons. The van der Waals surface area contributed by atoms with Gasteiger partial charge in [0.1, 0.15) is 23.6 Å². The second-order valence-corrected chi connectivity index (χ2v) is 9.12. The molecule has 6 heteroatoms. The summed E-state index contributed by atoms with van der Waals surface area (Å²) in [5.74, 6) is 1.74. The first-order valence-corrected chi connectivity index (χ1v) is 10.6. The summed E-state index contributed by atoms with van der Waals surface area (Å²) in [4.78, 5) is 11.9. The third-order valence-electron chi connectivity index (χ3n) is 5.26. The van der Waals surface area contributed by atoms with Crippen molar-refractivity contribution in [2.75, 3.05) is 6.54 Å². The van der Waals surface area contributed by atoms with Gasteiger partial charge in [0.25, 0.3) is 0 Å². The van der Waals surface area contributed by atoms with E-state index in [9.17, 15) is 0 Å². The van der Waals surface area contributed by atoms with E-state index in [1.807, 2.05) is 67.3 Å². The minimum absolute atomic E-state index is 0.0250. The van der Waals surface area contributed by atoms with Crippen molar-refractivity contribution in [2.45, 2.75) is 31.2 Å². The van der Waals surface area contributed by atoms with Crippen molar-refractivity contribution < 1.29 is 4.42 Å². The number of fused-ring (bicyclic) bond motifs is 1. The number of benzene rings is 1. The first-order chi connectivity index (χ1) is 13.6. The molecule has 2 aliphatic rings. The van der Waals surface area contributed by atoms with Crippen molar-refractivity contribution in [3.8, 4) is 11.3 Å². The zero-order chi connectivity index (χ0) is 19.3. The van der Waals surface area contributed by atoms with Crippen molar-refractivity contribution in [2.24, 2.45) is 4.99 Å². The van der Waals surface area contributed by atoms with E-state index in [1.54, 1.807) is 0 Å². The highest BCUT2D eigenvalue weighted by Crippen LogP contribution is 2.48. The van der Waals surface area contributed by atoms with E-state index in [0.717, 1.165) is 45.1 Å². The van der Waals surface area contributed by atoms with Gasteiger partial charge in [0.05, 0.1) is 5.69 Å². The van der Waals surface area contributed by atoms with Crippen LogP contribution in [0.2, 0.25) is 5.02 Å². The first-order valence-electron chi connectivity index (χ1n) is 9.38. The van der Waals surface area contributed by atoms with Gasteiger partial charge < -0.3 is 9.32 Å². The highest BCUT2D eigenvalue weighted by Gasteiger charge is 2.45. The van der Waals surface area contributed by atoms with E-state index >= 15 is 0 Å². The number of hydrogen-bond acceptors (Lipinski definition) is 5. The van der Waals surface area contributed by atoms with Crippen LogP contribution in [-0.4, -0.2) is 26.8 Å². The van der Waals surface area contributed by atoms with Crippen LogP contribution in [-0.2, 0) is 0 Å². The Labute approximate surface area is 173 Å². The molecule has 2 aliphatic heterocycles. The summed E-state index contributed by atoms with van der Waals surface area (Å²) in [6.45, 7) is 5.20. The molecule has 0 N–H and O–H groups in total. The molecule has 5 rings (SSSR count). The fraction of sp³-hybridized carbons (Fsp3) is 0.273. The van der Waals surface area contributed by atoms with Crippen molar-refractivity contribution in [1.29, 1.82) is 0 Å². The number of aliphatic imine (C=N–C) groups is 1. The highest BCUT2D eigenvalue weighted by atomic mass is 35.5. The molecule has 4 heterocycles. The van der Waals surface area contributed by atoms with Gasteiger partial charge in [-0.2, -0.15) is 0 Å². The quantitative estimate of drug-likeness (QED) is 0.540. The topological polar surface area (TPSA) is 41.6 Å². The van der Waals surface area contributed by atoms with Crippen LogP contribution in [0.4, 0.5) is 0 Å². The van der Waals surface area contributed by atoms with Gasteiger partial charge in [0.15, 0.2) is 5.17 Å². The maximum Gasteiger partial charge on any atom is 0.161 e. The molecule has 1 aromatic carbocycles. The lowest BCUT2D eigenvalue weighted by molar-refractivity contribution is 0.277. The largest absolute Gasteiger partial charge is 0.459 e. The Balaban J connectivity index is 1.53. The van der Waals surface area contributed by atoms with Gasteiger partial charge >= 0.3 is 0 Å². The van der Waals surface area contributed by atoms with Crippen LogP contribution in [0.5, 0.6) is 0 Å². The maximum absolute atomic E-state index is 6.33. The molecular weight excluding hydrogens is 390 g/mol. The molecule has 0 saturated carbocycles. The highest BCUT2D eigenvalue weighted by molar-refractivity contribution is 8.14. The number of rotatable bonds is 3. The van der Waals surface area contributed by atoms with E-state index in [2.05, 4.69) is 22.9 Å². The second kappa shape index (κ2) is 6.98. The summed E-state index contributed by atoms with van der Waals surface area (Å²) < 4.78 is 6.33. The number of aromatic nitrogens is 1. The van der Waals surface area contributed by atoms with Gasteiger partial charge in [-0.05, 0) is 42.8 Å². The van der Waals surface area contributed by atoms with Crippen LogP contribution >= 0.6 is 23.4 Å². The third kappa shape index (κ3) is 3.03. The lowest BCUT2D eigenvalue weighted by atomic mass is 10.0. The summed E-state index contributed by atoms with van der Waals surface area (Å²) in [7, 11) is 0.